The van der Waals surface area contributed by atoms with Crippen molar-refractivity contribution in [1.29, 1.82) is 0 Å². The zero-order chi connectivity index (χ0) is 13.2. The summed E-state index contributed by atoms with van der Waals surface area (Å²) in [5.41, 5.74) is 2.63. The number of hydrogen-bond donors (Lipinski definition) is 3. The average Bonchev–Trinajstić information content (AvgIpc) is 2.87. The van der Waals surface area contributed by atoms with Crippen LogP contribution >= 0.6 is 0 Å². The van der Waals surface area contributed by atoms with E-state index in [1.165, 1.54) is 12.1 Å². The summed E-state index contributed by atoms with van der Waals surface area (Å²) >= 11 is 0. The summed E-state index contributed by atoms with van der Waals surface area (Å²) in [6.07, 6.45) is 3.53. The van der Waals surface area contributed by atoms with Crippen molar-refractivity contribution in [2.75, 3.05) is 0 Å². The Kier molecular flexibility index (Phi) is 2.68. The van der Waals surface area contributed by atoms with Crippen molar-refractivity contribution in [2.24, 2.45) is 4.99 Å². The zero-order valence-electron chi connectivity index (χ0n) is 10.0. The van der Waals surface area contributed by atoms with Crippen molar-refractivity contribution in [1.82, 2.24) is 4.98 Å². The Morgan fingerprint density at radius 2 is 1.84 bits per heavy atom. The SMILES string of the molecule is Oc1ccc(C=Nc2ccc3[nH]ccc3c2)cc1O. The van der Waals surface area contributed by atoms with Crippen molar-refractivity contribution in [3.05, 3.63) is 54.2 Å². The Bertz CT molecular complexity index is 760. The second-order valence-electron chi connectivity index (χ2n) is 4.26. The van der Waals surface area contributed by atoms with E-state index in [2.05, 4.69) is 9.98 Å². The summed E-state index contributed by atoms with van der Waals surface area (Å²) < 4.78 is 0. The molecule has 3 aromatic rings. The predicted octanol–water partition coefficient (Wildman–Crippen LogP) is 3.33. The van der Waals surface area contributed by atoms with Crippen molar-refractivity contribution < 1.29 is 10.2 Å². The lowest BCUT2D eigenvalue weighted by Gasteiger charge is -1.98. The van der Waals surface area contributed by atoms with Gasteiger partial charge in [0.1, 0.15) is 0 Å². The lowest BCUT2D eigenvalue weighted by atomic mass is 10.2. The van der Waals surface area contributed by atoms with Crippen LogP contribution in [-0.2, 0) is 0 Å². The van der Waals surface area contributed by atoms with Gasteiger partial charge in [-0.15, -0.1) is 0 Å². The van der Waals surface area contributed by atoms with Gasteiger partial charge in [-0.25, -0.2) is 0 Å². The number of aromatic nitrogens is 1. The maximum Gasteiger partial charge on any atom is 0.158 e. The molecule has 0 radical (unpaired) electrons. The van der Waals surface area contributed by atoms with E-state index in [9.17, 15) is 10.2 Å². The molecule has 0 saturated carbocycles. The van der Waals surface area contributed by atoms with Gasteiger partial charge in [0, 0.05) is 23.3 Å². The average molecular weight is 252 g/mol. The van der Waals surface area contributed by atoms with Gasteiger partial charge in [0.05, 0.1) is 5.69 Å². The molecule has 3 N–H and O–H groups in total. The van der Waals surface area contributed by atoms with Gasteiger partial charge in [-0.05, 0) is 48.0 Å². The number of nitrogens with one attached hydrogen (secondary N) is 1. The number of benzene rings is 2. The summed E-state index contributed by atoms with van der Waals surface area (Å²) in [4.78, 5) is 7.47. The molecule has 0 aliphatic rings. The molecule has 0 bridgehead atoms. The Morgan fingerprint density at radius 1 is 0.947 bits per heavy atom. The molecule has 94 valence electrons. The Morgan fingerprint density at radius 3 is 2.68 bits per heavy atom. The summed E-state index contributed by atoms with van der Waals surface area (Å²) in [7, 11) is 0. The molecule has 0 unspecified atom stereocenters. The molecule has 0 amide bonds. The molecule has 2 aromatic carbocycles. The normalized spacial score (nSPS) is 11.4. The molecule has 0 atom stereocenters. The highest BCUT2D eigenvalue weighted by molar-refractivity contribution is 5.86. The highest BCUT2D eigenvalue weighted by atomic mass is 16.3. The molecule has 1 aromatic heterocycles. The van der Waals surface area contributed by atoms with E-state index in [1.807, 2.05) is 30.5 Å². The molecular formula is C15H12N2O2. The second-order valence-corrected chi connectivity index (χ2v) is 4.26. The number of phenolic OH excluding ortho intramolecular Hbond substituents is 2. The number of aliphatic imine (C=N–C) groups is 1. The van der Waals surface area contributed by atoms with Crippen LogP contribution < -0.4 is 0 Å². The highest BCUT2D eigenvalue weighted by Gasteiger charge is 1.99. The van der Waals surface area contributed by atoms with Gasteiger partial charge in [-0.1, -0.05) is 0 Å². The minimum absolute atomic E-state index is 0.133. The molecule has 19 heavy (non-hydrogen) atoms. The number of phenols is 2. The van der Waals surface area contributed by atoms with Crippen molar-refractivity contribution >= 4 is 22.8 Å². The monoisotopic (exact) mass is 252 g/mol. The molecular weight excluding hydrogens is 240 g/mol. The number of aromatic hydroxyl groups is 2. The number of rotatable bonds is 2. The summed E-state index contributed by atoms with van der Waals surface area (Å²) in [6.45, 7) is 0. The number of aromatic amines is 1. The number of nitrogens with zero attached hydrogens (tertiary/aromatic N) is 1. The van der Waals surface area contributed by atoms with Crippen molar-refractivity contribution in [3.63, 3.8) is 0 Å². The van der Waals surface area contributed by atoms with Crippen LogP contribution in [0, 0.1) is 0 Å². The molecule has 1 heterocycles. The van der Waals surface area contributed by atoms with Gasteiger partial charge in [0.15, 0.2) is 11.5 Å². The van der Waals surface area contributed by atoms with E-state index in [0.29, 0.717) is 0 Å². The fourth-order valence-electron chi connectivity index (χ4n) is 1.89. The van der Waals surface area contributed by atoms with Gasteiger partial charge < -0.3 is 15.2 Å². The zero-order valence-corrected chi connectivity index (χ0v) is 10.0. The van der Waals surface area contributed by atoms with E-state index >= 15 is 0 Å². The van der Waals surface area contributed by atoms with Crippen LogP contribution in [0.1, 0.15) is 5.56 Å². The fraction of sp³-hybridized carbons (Fsp3) is 0. The Hall–Kier alpha value is -2.75. The van der Waals surface area contributed by atoms with E-state index in [0.717, 1.165) is 22.2 Å². The van der Waals surface area contributed by atoms with Gasteiger partial charge in [0.2, 0.25) is 0 Å². The first kappa shape index (κ1) is 11.3. The van der Waals surface area contributed by atoms with E-state index in [-0.39, 0.29) is 11.5 Å². The number of hydrogen-bond acceptors (Lipinski definition) is 3. The molecule has 0 spiro atoms. The molecule has 3 rings (SSSR count). The molecule has 0 aliphatic carbocycles. The number of fused-ring (bicyclic) bond motifs is 1. The second kappa shape index (κ2) is 4.49. The molecule has 0 saturated heterocycles. The lowest BCUT2D eigenvalue weighted by Crippen LogP contribution is -1.80. The van der Waals surface area contributed by atoms with Crippen LogP contribution in [0.25, 0.3) is 10.9 Å². The van der Waals surface area contributed by atoms with Crippen molar-refractivity contribution in [2.45, 2.75) is 0 Å². The summed E-state index contributed by atoms with van der Waals surface area (Å²) in [6, 6.07) is 12.4. The number of H-pyrrole nitrogens is 1. The first-order chi connectivity index (χ1) is 9.22. The van der Waals surface area contributed by atoms with Crippen LogP contribution in [0.4, 0.5) is 5.69 Å². The molecule has 0 fully saturated rings. The van der Waals surface area contributed by atoms with Crippen LogP contribution in [0.2, 0.25) is 0 Å². The third-order valence-electron chi connectivity index (χ3n) is 2.90. The summed E-state index contributed by atoms with van der Waals surface area (Å²) in [5, 5.41) is 19.7. The standard InChI is InChI=1S/C15H12N2O2/c18-14-4-1-10(7-15(14)19)9-17-12-2-3-13-11(8-12)5-6-16-13/h1-9,16,18-19H. The largest absolute Gasteiger partial charge is 0.504 e. The van der Waals surface area contributed by atoms with Crippen LogP contribution in [0.5, 0.6) is 11.5 Å². The lowest BCUT2D eigenvalue weighted by molar-refractivity contribution is 0.403. The van der Waals surface area contributed by atoms with Crippen LogP contribution in [0.15, 0.2) is 53.7 Å². The highest BCUT2D eigenvalue weighted by Crippen LogP contribution is 2.25. The van der Waals surface area contributed by atoms with Gasteiger partial charge >= 0.3 is 0 Å². The summed E-state index contributed by atoms with van der Waals surface area (Å²) in [5.74, 6) is -0.282. The minimum Gasteiger partial charge on any atom is -0.504 e. The first-order valence-electron chi connectivity index (χ1n) is 5.85. The minimum atomic E-state index is -0.148. The maximum absolute atomic E-state index is 9.40. The Balaban J connectivity index is 1.90. The topological polar surface area (TPSA) is 68.6 Å². The van der Waals surface area contributed by atoms with Gasteiger partial charge in [-0.2, -0.15) is 0 Å². The van der Waals surface area contributed by atoms with E-state index in [4.69, 9.17) is 0 Å². The Labute approximate surface area is 109 Å². The smallest absolute Gasteiger partial charge is 0.158 e. The van der Waals surface area contributed by atoms with Crippen LogP contribution in [-0.4, -0.2) is 21.4 Å². The third kappa shape index (κ3) is 2.28. The van der Waals surface area contributed by atoms with Gasteiger partial charge in [0.25, 0.3) is 0 Å². The first-order valence-corrected chi connectivity index (χ1v) is 5.85. The van der Waals surface area contributed by atoms with E-state index in [1.54, 1.807) is 12.3 Å². The van der Waals surface area contributed by atoms with Crippen LogP contribution in [0.3, 0.4) is 0 Å². The third-order valence-corrected chi connectivity index (χ3v) is 2.90. The molecule has 4 heteroatoms. The maximum atomic E-state index is 9.40. The molecule has 4 nitrogen and oxygen atoms in total. The quantitative estimate of drug-likeness (QED) is 0.483. The van der Waals surface area contributed by atoms with E-state index < -0.39 is 0 Å². The van der Waals surface area contributed by atoms with Gasteiger partial charge in [-0.3, -0.25) is 4.99 Å². The predicted molar refractivity (Wildman–Crippen MR) is 75.3 cm³/mol. The van der Waals surface area contributed by atoms with Crippen molar-refractivity contribution in [3.8, 4) is 11.5 Å². The fourth-order valence-corrected chi connectivity index (χ4v) is 1.89. The molecule has 0 aliphatic heterocycles.